The third-order valence-electron chi connectivity index (χ3n) is 2.95. The monoisotopic (exact) mass is 318 g/mol. The van der Waals surface area contributed by atoms with Crippen molar-refractivity contribution in [2.24, 2.45) is 0 Å². The van der Waals surface area contributed by atoms with Gasteiger partial charge in [-0.15, -0.1) is 0 Å². The zero-order valence-electron chi connectivity index (χ0n) is 9.42. The van der Waals surface area contributed by atoms with Crippen LogP contribution in [0.25, 0.3) is 10.8 Å². The van der Waals surface area contributed by atoms with Gasteiger partial charge in [-0.2, -0.15) is 13.2 Å². The van der Waals surface area contributed by atoms with Gasteiger partial charge >= 0.3 is 6.18 Å². The molecule has 2 rings (SSSR count). The molecule has 0 bridgehead atoms. The average molecular weight is 319 g/mol. The van der Waals surface area contributed by atoms with Crippen molar-refractivity contribution in [1.82, 2.24) is 0 Å². The molecular formula is C13H10BrF3O. The molecule has 0 amide bonds. The van der Waals surface area contributed by atoms with E-state index in [0.717, 1.165) is 6.92 Å². The molecule has 1 unspecified atom stereocenters. The maximum Gasteiger partial charge on any atom is 0.421 e. The lowest BCUT2D eigenvalue weighted by Crippen LogP contribution is -2.39. The Bertz CT molecular complexity index is 590. The molecule has 0 saturated carbocycles. The van der Waals surface area contributed by atoms with E-state index in [9.17, 15) is 18.3 Å². The Morgan fingerprint density at radius 3 is 2.17 bits per heavy atom. The first-order valence-corrected chi connectivity index (χ1v) is 6.01. The highest BCUT2D eigenvalue weighted by Crippen LogP contribution is 2.42. The Morgan fingerprint density at radius 1 is 1.00 bits per heavy atom. The molecule has 0 fully saturated rings. The van der Waals surface area contributed by atoms with Gasteiger partial charge in [-0.25, -0.2) is 0 Å². The van der Waals surface area contributed by atoms with Crippen LogP contribution in [0, 0.1) is 0 Å². The normalized spacial score (nSPS) is 15.7. The summed E-state index contributed by atoms with van der Waals surface area (Å²) in [6.07, 6.45) is -4.72. The lowest BCUT2D eigenvalue weighted by Gasteiger charge is -2.28. The fourth-order valence-corrected chi connectivity index (χ4v) is 2.35. The molecule has 18 heavy (non-hydrogen) atoms. The van der Waals surface area contributed by atoms with Crippen molar-refractivity contribution in [3.63, 3.8) is 0 Å². The Balaban J connectivity index is 2.77. The van der Waals surface area contributed by atoms with Gasteiger partial charge in [0, 0.05) is 10.0 Å². The Hall–Kier alpha value is -1.07. The van der Waals surface area contributed by atoms with E-state index in [1.54, 1.807) is 24.3 Å². The predicted molar refractivity (Wildman–Crippen MR) is 67.3 cm³/mol. The SMILES string of the molecule is CC(O)(c1cccc2c(Br)cccc12)C(F)(F)F. The zero-order chi connectivity index (χ0) is 13.6. The van der Waals surface area contributed by atoms with E-state index >= 15 is 0 Å². The van der Waals surface area contributed by atoms with Crippen LogP contribution in [0.3, 0.4) is 0 Å². The molecule has 1 nitrogen and oxygen atoms in total. The van der Waals surface area contributed by atoms with Gasteiger partial charge < -0.3 is 5.11 Å². The van der Waals surface area contributed by atoms with E-state index in [0.29, 0.717) is 15.2 Å². The van der Waals surface area contributed by atoms with Crippen molar-refractivity contribution in [3.8, 4) is 0 Å². The van der Waals surface area contributed by atoms with E-state index in [2.05, 4.69) is 15.9 Å². The minimum atomic E-state index is -4.72. The molecule has 5 heteroatoms. The average Bonchev–Trinajstić information content (AvgIpc) is 2.27. The fourth-order valence-electron chi connectivity index (χ4n) is 1.85. The summed E-state index contributed by atoms with van der Waals surface area (Å²) in [6, 6.07) is 9.45. The fraction of sp³-hybridized carbons (Fsp3) is 0.231. The van der Waals surface area contributed by atoms with Crippen LogP contribution < -0.4 is 0 Å². The Labute approximate surface area is 110 Å². The quantitative estimate of drug-likeness (QED) is 0.827. The van der Waals surface area contributed by atoms with Crippen molar-refractivity contribution < 1.29 is 18.3 Å². The van der Waals surface area contributed by atoms with E-state index in [4.69, 9.17) is 0 Å². The Kier molecular flexibility index (Phi) is 3.15. The second-order valence-electron chi connectivity index (χ2n) is 4.21. The van der Waals surface area contributed by atoms with Crippen LogP contribution in [0.1, 0.15) is 12.5 Å². The maximum atomic E-state index is 12.9. The number of hydrogen-bond donors (Lipinski definition) is 1. The van der Waals surface area contributed by atoms with Gasteiger partial charge in [-0.1, -0.05) is 46.3 Å². The lowest BCUT2D eigenvalue weighted by molar-refractivity contribution is -0.258. The smallest absolute Gasteiger partial charge is 0.376 e. The third kappa shape index (κ3) is 2.01. The first kappa shape index (κ1) is 13.4. The van der Waals surface area contributed by atoms with Crippen LogP contribution in [0.4, 0.5) is 13.2 Å². The van der Waals surface area contributed by atoms with Gasteiger partial charge in [0.2, 0.25) is 0 Å². The standard InChI is InChI=1S/C13H10BrF3O/c1-12(18,13(15,16)17)10-6-2-5-9-8(10)4-3-7-11(9)14/h2-7,18H,1H3. The molecule has 0 aliphatic rings. The van der Waals surface area contributed by atoms with Crippen molar-refractivity contribution in [2.45, 2.75) is 18.7 Å². The van der Waals surface area contributed by atoms with E-state index in [1.165, 1.54) is 12.1 Å². The molecule has 0 aromatic heterocycles. The molecule has 0 spiro atoms. The summed E-state index contributed by atoms with van der Waals surface area (Å²) < 4.78 is 39.4. The molecular weight excluding hydrogens is 309 g/mol. The molecule has 0 aliphatic heterocycles. The highest BCUT2D eigenvalue weighted by molar-refractivity contribution is 9.10. The second-order valence-corrected chi connectivity index (χ2v) is 5.06. The summed E-state index contributed by atoms with van der Waals surface area (Å²) in [6.45, 7) is 0.767. The van der Waals surface area contributed by atoms with Crippen LogP contribution in [-0.2, 0) is 5.60 Å². The van der Waals surface area contributed by atoms with Crippen LogP contribution in [0.5, 0.6) is 0 Å². The maximum absolute atomic E-state index is 12.9. The molecule has 96 valence electrons. The van der Waals surface area contributed by atoms with Gasteiger partial charge in [0.15, 0.2) is 5.60 Å². The zero-order valence-corrected chi connectivity index (χ0v) is 11.0. The van der Waals surface area contributed by atoms with Crippen molar-refractivity contribution in [3.05, 3.63) is 46.4 Å². The van der Waals surface area contributed by atoms with Crippen LogP contribution in [-0.4, -0.2) is 11.3 Å². The van der Waals surface area contributed by atoms with Gasteiger partial charge in [-0.05, 0) is 23.8 Å². The van der Waals surface area contributed by atoms with Gasteiger partial charge in [0.05, 0.1) is 0 Å². The summed E-state index contributed by atoms with van der Waals surface area (Å²) in [5.74, 6) is 0. The summed E-state index contributed by atoms with van der Waals surface area (Å²) in [5.41, 5.74) is -3.01. The van der Waals surface area contributed by atoms with Crippen LogP contribution in [0.15, 0.2) is 40.9 Å². The molecule has 0 saturated heterocycles. The molecule has 0 radical (unpaired) electrons. The van der Waals surface area contributed by atoms with Gasteiger partial charge in [0.1, 0.15) is 0 Å². The van der Waals surface area contributed by atoms with E-state index < -0.39 is 11.8 Å². The summed E-state index contributed by atoms with van der Waals surface area (Å²) in [7, 11) is 0. The molecule has 2 aromatic carbocycles. The highest BCUT2D eigenvalue weighted by atomic mass is 79.9. The van der Waals surface area contributed by atoms with Gasteiger partial charge in [0.25, 0.3) is 0 Å². The molecule has 0 aliphatic carbocycles. The largest absolute Gasteiger partial charge is 0.421 e. The molecule has 1 N–H and O–H groups in total. The summed E-state index contributed by atoms with van der Waals surface area (Å²) in [5, 5.41) is 10.8. The number of alkyl halides is 3. The lowest BCUT2D eigenvalue weighted by atomic mass is 9.90. The summed E-state index contributed by atoms with van der Waals surface area (Å²) >= 11 is 3.29. The topological polar surface area (TPSA) is 20.2 Å². The predicted octanol–water partition coefficient (Wildman–Crippen LogP) is 4.37. The summed E-state index contributed by atoms with van der Waals surface area (Å²) in [4.78, 5) is 0. The highest BCUT2D eigenvalue weighted by Gasteiger charge is 2.51. The van der Waals surface area contributed by atoms with Crippen LogP contribution in [0.2, 0.25) is 0 Å². The molecule has 1 atom stereocenters. The van der Waals surface area contributed by atoms with Crippen molar-refractivity contribution in [2.75, 3.05) is 0 Å². The number of hydrogen-bond acceptors (Lipinski definition) is 1. The first-order valence-electron chi connectivity index (χ1n) is 5.22. The van der Waals surface area contributed by atoms with Crippen molar-refractivity contribution in [1.29, 1.82) is 0 Å². The number of aliphatic hydroxyl groups is 1. The number of rotatable bonds is 1. The number of benzene rings is 2. The van der Waals surface area contributed by atoms with Gasteiger partial charge in [-0.3, -0.25) is 0 Å². The van der Waals surface area contributed by atoms with E-state index in [1.807, 2.05) is 0 Å². The van der Waals surface area contributed by atoms with Crippen molar-refractivity contribution >= 4 is 26.7 Å². The molecule has 2 aromatic rings. The minimum absolute atomic E-state index is 0.145. The number of halogens is 4. The molecule has 0 heterocycles. The third-order valence-corrected chi connectivity index (χ3v) is 3.64. The second kappa shape index (κ2) is 4.24. The minimum Gasteiger partial charge on any atom is -0.376 e. The van der Waals surface area contributed by atoms with E-state index in [-0.39, 0.29) is 5.56 Å². The number of fused-ring (bicyclic) bond motifs is 1. The first-order chi connectivity index (χ1) is 8.25. The van der Waals surface area contributed by atoms with Crippen LogP contribution >= 0.6 is 15.9 Å². The Morgan fingerprint density at radius 2 is 1.56 bits per heavy atom.